The van der Waals surface area contributed by atoms with Crippen molar-refractivity contribution in [3.8, 4) is 0 Å². The maximum atomic E-state index is 11.7. The topological polar surface area (TPSA) is 55.1 Å². The van der Waals surface area contributed by atoms with Gasteiger partial charge in [0.2, 0.25) is 5.91 Å². The fourth-order valence-corrected chi connectivity index (χ4v) is 2.54. The summed E-state index contributed by atoms with van der Waals surface area (Å²) in [6.07, 6.45) is 7.15. The van der Waals surface area contributed by atoms with Gasteiger partial charge in [0.15, 0.2) is 0 Å². The zero-order valence-corrected chi connectivity index (χ0v) is 11.3. The van der Waals surface area contributed by atoms with Gasteiger partial charge in [0, 0.05) is 18.0 Å². The molecule has 1 aromatic carbocycles. The van der Waals surface area contributed by atoms with Crippen LogP contribution in [0.4, 0.5) is 0 Å². The molecular weight excluding hydrogens is 236 g/mol. The number of carbonyl (C=O) groups is 1. The Bertz CT molecular complexity index is 458. The highest BCUT2D eigenvalue weighted by Gasteiger charge is 2.39. The number of amides is 1. The maximum absolute atomic E-state index is 11.7. The van der Waals surface area contributed by atoms with Gasteiger partial charge in [-0.15, -0.1) is 0 Å². The van der Waals surface area contributed by atoms with Crippen molar-refractivity contribution in [2.24, 2.45) is 5.73 Å². The van der Waals surface area contributed by atoms with E-state index in [1.165, 1.54) is 17.5 Å². The number of nitrogens with two attached hydrogens (primary N) is 1. The molecule has 102 valence electrons. The van der Waals surface area contributed by atoms with E-state index >= 15 is 0 Å². The standard InChI is InChI=1S/C16H22N2O/c17-16(10-11-16)13-7-4-12(5-8-13)6-9-15(19)18-14-2-1-3-14/h4-5,7-8,14H,1-3,6,9-11,17H2,(H,18,19). The number of nitrogens with one attached hydrogen (secondary N) is 1. The van der Waals surface area contributed by atoms with Gasteiger partial charge in [0.1, 0.15) is 0 Å². The summed E-state index contributed by atoms with van der Waals surface area (Å²) in [6, 6.07) is 8.90. The third-order valence-electron chi connectivity index (χ3n) is 4.43. The molecule has 0 heterocycles. The average molecular weight is 258 g/mol. The summed E-state index contributed by atoms with van der Waals surface area (Å²) < 4.78 is 0. The molecule has 0 radical (unpaired) electrons. The van der Waals surface area contributed by atoms with E-state index in [2.05, 4.69) is 29.6 Å². The monoisotopic (exact) mass is 258 g/mol. The molecule has 19 heavy (non-hydrogen) atoms. The van der Waals surface area contributed by atoms with E-state index in [4.69, 9.17) is 5.73 Å². The SMILES string of the molecule is NC1(c2ccc(CCC(=O)NC3CCC3)cc2)CC1. The summed E-state index contributed by atoms with van der Waals surface area (Å²) in [5.41, 5.74) is 8.55. The Balaban J connectivity index is 1.48. The largest absolute Gasteiger partial charge is 0.353 e. The summed E-state index contributed by atoms with van der Waals surface area (Å²) in [7, 11) is 0. The number of rotatable bonds is 5. The van der Waals surface area contributed by atoms with Crippen molar-refractivity contribution in [2.75, 3.05) is 0 Å². The summed E-state index contributed by atoms with van der Waals surface area (Å²) in [6.45, 7) is 0. The minimum atomic E-state index is -0.0554. The van der Waals surface area contributed by atoms with E-state index in [0.29, 0.717) is 12.5 Å². The summed E-state index contributed by atoms with van der Waals surface area (Å²) in [5.74, 6) is 0.186. The lowest BCUT2D eigenvalue weighted by Gasteiger charge is -2.26. The van der Waals surface area contributed by atoms with Gasteiger partial charge in [0.25, 0.3) is 0 Å². The number of benzene rings is 1. The normalized spacial score (nSPS) is 20.7. The van der Waals surface area contributed by atoms with Gasteiger partial charge in [-0.05, 0) is 49.7 Å². The Labute approximate surface area is 114 Å². The first kappa shape index (κ1) is 12.7. The fraction of sp³-hybridized carbons (Fsp3) is 0.562. The maximum Gasteiger partial charge on any atom is 0.220 e. The Morgan fingerprint density at radius 2 is 1.95 bits per heavy atom. The number of carbonyl (C=O) groups excluding carboxylic acids is 1. The Morgan fingerprint density at radius 3 is 2.47 bits per heavy atom. The Hall–Kier alpha value is -1.35. The number of hydrogen-bond donors (Lipinski definition) is 2. The molecule has 0 aromatic heterocycles. The minimum Gasteiger partial charge on any atom is -0.353 e. The molecule has 0 aliphatic heterocycles. The van der Waals surface area contributed by atoms with E-state index in [9.17, 15) is 4.79 Å². The van der Waals surface area contributed by atoms with Crippen LogP contribution in [0.15, 0.2) is 24.3 Å². The Kier molecular flexibility index (Phi) is 3.31. The minimum absolute atomic E-state index is 0.0554. The van der Waals surface area contributed by atoms with Gasteiger partial charge in [-0.1, -0.05) is 24.3 Å². The van der Waals surface area contributed by atoms with Crippen molar-refractivity contribution in [1.29, 1.82) is 0 Å². The molecule has 0 unspecified atom stereocenters. The zero-order valence-electron chi connectivity index (χ0n) is 11.3. The molecule has 0 spiro atoms. The van der Waals surface area contributed by atoms with Crippen molar-refractivity contribution in [2.45, 2.75) is 56.5 Å². The number of aryl methyl sites for hydroxylation is 1. The first-order chi connectivity index (χ1) is 9.16. The van der Waals surface area contributed by atoms with E-state index in [-0.39, 0.29) is 11.4 Å². The molecule has 1 amide bonds. The van der Waals surface area contributed by atoms with Crippen molar-refractivity contribution >= 4 is 5.91 Å². The van der Waals surface area contributed by atoms with Crippen LogP contribution in [0.25, 0.3) is 0 Å². The zero-order chi connectivity index (χ0) is 13.3. The van der Waals surface area contributed by atoms with Crippen molar-refractivity contribution in [3.05, 3.63) is 35.4 Å². The predicted octanol–water partition coefficient (Wildman–Crippen LogP) is 2.24. The van der Waals surface area contributed by atoms with Crippen molar-refractivity contribution in [3.63, 3.8) is 0 Å². The second-order valence-electron chi connectivity index (χ2n) is 6.05. The van der Waals surface area contributed by atoms with Crippen molar-refractivity contribution in [1.82, 2.24) is 5.32 Å². The smallest absolute Gasteiger partial charge is 0.220 e. The molecule has 3 heteroatoms. The Morgan fingerprint density at radius 1 is 1.26 bits per heavy atom. The fourth-order valence-electron chi connectivity index (χ4n) is 2.54. The molecule has 2 aliphatic rings. The third-order valence-corrected chi connectivity index (χ3v) is 4.43. The number of hydrogen-bond acceptors (Lipinski definition) is 2. The molecule has 2 aliphatic carbocycles. The average Bonchev–Trinajstić information content (AvgIpc) is 3.11. The first-order valence-corrected chi connectivity index (χ1v) is 7.33. The van der Waals surface area contributed by atoms with Crippen LogP contribution in [0.2, 0.25) is 0 Å². The van der Waals surface area contributed by atoms with E-state index in [0.717, 1.165) is 32.1 Å². The van der Waals surface area contributed by atoms with E-state index in [1.807, 2.05) is 0 Å². The highest BCUT2D eigenvalue weighted by Crippen LogP contribution is 2.42. The van der Waals surface area contributed by atoms with Crippen LogP contribution >= 0.6 is 0 Å². The highest BCUT2D eigenvalue weighted by molar-refractivity contribution is 5.76. The van der Waals surface area contributed by atoms with Gasteiger partial charge < -0.3 is 11.1 Å². The van der Waals surface area contributed by atoms with E-state index < -0.39 is 0 Å². The van der Waals surface area contributed by atoms with Crippen LogP contribution < -0.4 is 11.1 Å². The molecule has 2 fully saturated rings. The molecular formula is C16H22N2O. The molecule has 0 saturated heterocycles. The molecule has 2 saturated carbocycles. The van der Waals surface area contributed by atoms with Crippen LogP contribution in [0.1, 0.15) is 49.7 Å². The van der Waals surface area contributed by atoms with Crippen molar-refractivity contribution < 1.29 is 4.79 Å². The molecule has 0 bridgehead atoms. The van der Waals surface area contributed by atoms with Crippen LogP contribution in [-0.4, -0.2) is 11.9 Å². The lowest BCUT2D eigenvalue weighted by atomic mass is 9.93. The molecule has 3 nitrogen and oxygen atoms in total. The van der Waals surface area contributed by atoms with Gasteiger partial charge in [-0.3, -0.25) is 4.79 Å². The molecule has 3 N–H and O–H groups in total. The molecule has 3 rings (SSSR count). The van der Waals surface area contributed by atoms with Crippen LogP contribution in [-0.2, 0) is 16.8 Å². The lowest BCUT2D eigenvalue weighted by molar-refractivity contribution is -0.122. The van der Waals surface area contributed by atoms with Crippen LogP contribution in [0, 0.1) is 0 Å². The second kappa shape index (κ2) is 4.97. The van der Waals surface area contributed by atoms with Gasteiger partial charge in [0.05, 0.1) is 0 Å². The quantitative estimate of drug-likeness (QED) is 0.851. The molecule has 1 aromatic rings. The predicted molar refractivity (Wildman–Crippen MR) is 75.6 cm³/mol. The third kappa shape index (κ3) is 2.98. The van der Waals surface area contributed by atoms with Gasteiger partial charge in [-0.25, -0.2) is 0 Å². The summed E-state index contributed by atoms with van der Waals surface area (Å²) in [4.78, 5) is 11.7. The van der Waals surface area contributed by atoms with Gasteiger partial charge >= 0.3 is 0 Å². The summed E-state index contributed by atoms with van der Waals surface area (Å²) in [5, 5.41) is 3.07. The lowest BCUT2D eigenvalue weighted by Crippen LogP contribution is -2.39. The van der Waals surface area contributed by atoms with E-state index in [1.54, 1.807) is 0 Å². The van der Waals surface area contributed by atoms with Crippen LogP contribution in [0.3, 0.4) is 0 Å². The first-order valence-electron chi connectivity index (χ1n) is 7.33. The second-order valence-corrected chi connectivity index (χ2v) is 6.05. The summed E-state index contributed by atoms with van der Waals surface area (Å²) >= 11 is 0. The van der Waals surface area contributed by atoms with Gasteiger partial charge in [-0.2, -0.15) is 0 Å². The van der Waals surface area contributed by atoms with Crippen LogP contribution in [0.5, 0.6) is 0 Å². The molecule has 0 atom stereocenters. The highest BCUT2D eigenvalue weighted by atomic mass is 16.1.